The predicted octanol–water partition coefficient (Wildman–Crippen LogP) is 6.00. The van der Waals surface area contributed by atoms with Crippen molar-refractivity contribution in [2.45, 2.75) is 19.0 Å². The molecule has 146 valence electrons. The molecule has 2 aromatic carbocycles. The van der Waals surface area contributed by atoms with Gasteiger partial charge in [-0.25, -0.2) is 0 Å². The van der Waals surface area contributed by atoms with Gasteiger partial charge in [0, 0.05) is 10.6 Å². The highest BCUT2D eigenvalue weighted by Crippen LogP contribution is 2.37. The van der Waals surface area contributed by atoms with Gasteiger partial charge in [0.25, 0.3) is 0 Å². The standard InChI is InChI=1S/C18H14ClF3O.C3H9N/c1-12-8-15(10-16(19)9-12)17(18(20,21)22)7-6-13-2-4-14(11-23)5-3-13;1-4(2)3/h2-11,17H,1H3;1-3H3/b7-6+;. The minimum atomic E-state index is -4.42. The number of aryl methyl sites for hydroxylation is 1. The van der Waals surface area contributed by atoms with Gasteiger partial charge >= 0.3 is 6.18 Å². The third kappa shape index (κ3) is 8.41. The summed E-state index contributed by atoms with van der Waals surface area (Å²) >= 11 is 5.87. The number of halogens is 4. The van der Waals surface area contributed by atoms with E-state index in [1.807, 2.05) is 26.0 Å². The molecule has 0 aliphatic heterocycles. The number of aldehydes is 1. The van der Waals surface area contributed by atoms with Crippen molar-refractivity contribution in [1.82, 2.24) is 4.90 Å². The Morgan fingerprint density at radius 1 is 1.00 bits per heavy atom. The average Bonchev–Trinajstić information content (AvgIpc) is 2.53. The Hall–Kier alpha value is -2.11. The van der Waals surface area contributed by atoms with Crippen LogP contribution in [0, 0.1) is 6.92 Å². The number of hydrogen-bond acceptors (Lipinski definition) is 2. The molecule has 2 nitrogen and oxygen atoms in total. The number of benzene rings is 2. The van der Waals surface area contributed by atoms with E-state index < -0.39 is 12.1 Å². The van der Waals surface area contributed by atoms with Crippen LogP contribution in [0.1, 0.15) is 33.0 Å². The van der Waals surface area contributed by atoms with Gasteiger partial charge in [-0.2, -0.15) is 13.2 Å². The summed E-state index contributed by atoms with van der Waals surface area (Å²) in [5.41, 5.74) is 1.83. The zero-order valence-corrected chi connectivity index (χ0v) is 16.5. The molecule has 27 heavy (non-hydrogen) atoms. The van der Waals surface area contributed by atoms with Gasteiger partial charge < -0.3 is 4.90 Å². The second-order valence-electron chi connectivity index (χ2n) is 6.57. The maximum Gasteiger partial charge on any atom is 0.399 e. The molecule has 0 aliphatic carbocycles. The third-order valence-electron chi connectivity index (χ3n) is 3.33. The molecule has 0 N–H and O–H groups in total. The second-order valence-corrected chi connectivity index (χ2v) is 7.00. The lowest BCUT2D eigenvalue weighted by Crippen LogP contribution is -2.19. The highest BCUT2D eigenvalue weighted by molar-refractivity contribution is 6.30. The zero-order valence-electron chi connectivity index (χ0n) is 15.7. The highest BCUT2D eigenvalue weighted by atomic mass is 35.5. The summed E-state index contributed by atoms with van der Waals surface area (Å²) in [6.45, 7) is 1.70. The fourth-order valence-electron chi connectivity index (χ4n) is 2.25. The third-order valence-corrected chi connectivity index (χ3v) is 3.55. The Labute approximate surface area is 163 Å². The fourth-order valence-corrected chi connectivity index (χ4v) is 2.54. The zero-order chi connectivity index (χ0) is 20.6. The van der Waals surface area contributed by atoms with E-state index in [1.165, 1.54) is 18.2 Å². The lowest BCUT2D eigenvalue weighted by atomic mass is 9.95. The molecule has 0 saturated carbocycles. The largest absolute Gasteiger partial charge is 0.399 e. The van der Waals surface area contributed by atoms with Gasteiger partial charge in [-0.3, -0.25) is 4.79 Å². The summed E-state index contributed by atoms with van der Waals surface area (Å²) in [5.74, 6) is -1.74. The number of nitrogens with zero attached hydrogens (tertiary/aromatic N) is 1. The summed E-state index contributed by atoms with van der Waals surface area (Å²) in [6, 6.07) is 10.7. The Bertz CT molecular complexity index is 745. The van der Waals surface area contributed by atoms with Gasteiger partial charge in [0.1, 0.15) is 6.29 Å². The first-order valence-corrected chi connectivity index (χ1v) is 8.59. The fraction of sp³-hybridized carbons (Fsp3) is 0.286. The van der Waals surface area contributed by atoms with Gasteiger partial charge in [0.05, 0.1) is 5.92 Å². The molecule has 0 fully saturated rings. The number of carbonyl (C=O) groups excluding carboxylic acids is 1. The summed E-state index contributed by atoms with van der Waals surface area (Å²) in [6.07, 6.45) is -1.25. The number of carbonyl (C=O) groups is 1. The molecule has 0 amide bonds. The molecule has 0 aliphatic rings. The molecule has 0 bridgehead atoms. The summed E-state index contributed by atoms with van der Waals surface area (Å²) < 4.78 is 40.0. The van der Waals surface area contributed by atoms with Gasteiger partial charge in [0.15, 0.2) is 0 Å². The minimum absolute atomic E-state index is 0.100. The smallest absolute Gasteiger partial charge is 0.312 e. The van der Waals surface area contributed by atoms with Crippen molar-refractivity contribution >= 4 is 24.0 Å². The number of rotatable bonds is 4. The van der Waals surface area contributed by atoms with Crippen molar-refractivity contribution < 1.29 is 18.0 Å². The first-order valence-electron chi connectivity index (χ1n) is 8.21. The molecule has 0 heterocycles. The van der Waals surface area contributed by atoms with Crippen molar-refractivity contribution in [3.05, 3.63) is 75.8 Å². The number of alkyl halides is 3. The molecular weight excluding hydrogens is 375 g/mol. The Morgan fingerprint density at radius 3 is 1.96 bits per heavy atom. The number of allylic oxidation sites excluding steroid dienone is 1. The van der Waals surface area contributed by atoms with Crippen molar-refractivity contribution in [1.29, 1.82) is 0 Å². The maximum absolute atomic E-state index is 13.3. The topological polar surface area (TPSA) is 20.3 Å². The van der Waals surface area contributed by atoms with Crippen molar-refractivity contribution in [3.8, 4) is 0 Å². The Balaban J connectivity index is 0.000000828. The first kappa shape index (κ1) is 22.9. The Morgan fingerprint density at radius 2 is 1.52 bits per heavy atom. The van der Waals surface area contributed by atoms with Crippen molar-refractivity contribution in [2.75, 3.05) is 21.1 Å². The molecule has 2 rings (SSSR count). The lowest BCUT2D eigenvalue weighted by molar-refractivity contribution is -0.139. The van der Waals surface area contributed by atoms with Gasteiger partial charge in [-0.05, 0) is 56.9 Å². The second kappa shape index (κ2) is 10.3. The minimum Gasteiger partial charge on any atom is -0.312 e. The van der Waals surface area contributed by atoms with Crippen LogP contribution in [0.4, 0.5) is 13.2 Å². The summed E-state index contributed by atoms with van der Waals surface area (Å²) in [4.78, 5) is 12.6. The molecule has 0 spiro atoms. The highest BCUT2D eigenvalue weighted by Gasteiger charge is 2.39. The van der Waals surface area contributed by atoms with Crippen LogP contribution in [0.5, 0.6) is 0 Å². The van der Waals surface area contributed by atoms with Gasteiger partial charge in [-0.15, -0.1) is 0 Å². The van der Waals surface area contributed by atoms with E-state index in [4.69, 9.17) is 11.6 Å². The lowest BCUT2D eigenvalue weighted by Gasteiger charge is -2.18. The Kier molecular flexibility index (Phi) is 8.73. The monoisotopic (exact) mass is 397 g/mol. The van der Waals surface area contributed by atoms with Gasteiger partial charge in [-0.1, -0.05) is 54.1 Å². The van der Waals surface area contributed by atoms with Crippen LogP contribution in [0.25, 0.3) is 6.08 Å². The summed E-state index contributed by atoms with van der Waals surface area (Å²) in [7, 11) is 6.00. The maximum atomic E-state index is 13.3. The SMILES string of the molecule is CN(C)C.Cc1cc(Cl)cc(C(/C=C/c2ccc(C=O)cc2)C(F)(F)F)c1. The average molecular weight is 398 g/mol. The van der Waals surface area contributed by atoms with E-state index in [-0.39, 0.29) is 10.6 Å². The molecule has 6 heteroatoms. The number of hydrogen-bond donors (Lipinski definition) is 0. The first-order chi connectivity index (χ1) is 12.5. The van der Waals surface area contributed by atoms with Crippen LogP contribution in [-0.4, -0.2) is 38.5 Å². The van der Waals surface area contributed by atoms with Crippen molar-refractivity contribution in [3.63, 3.8) is 0 Å². The summed E-state index contributed by atoms with van der Waals surface area (Å²) in [5, 5.41) is 0.276. The predicted molar refractivity (Wildman–Crippen MR) is 105 cm³/mol. The van der Waals surface area contributed by atoms with Crippen LogP contribution < -0.4 is 0 Å². The van der Waals surface area contributed by atoms with Crippen LogP contribution >= 0.6 is 11.6 Å². The van der Waals surface area contributed by atoms with E-state index in [0.29, 0.717) is 23.0 Å². The van der Waals surface area contributed by atoms with E-state index in [0.717, 1.165) is 6.08 Å². The van der Waals surface area contributed by atoms with Crippen LogP contribution in [-0.2, 0) is 0 Å². The molecule has 1 unspecified atom stereocenters. The molecule has 0 radical (unpaired) electrons. The normalized spacial score (nSPS) is 12.6. The van der Waals surface area contributed by atoms with E-state index in [9.17, 15) is 18.0 Å². The molecule has 0 saturated heterocycles. The molecule has 1 atom stereocenters. The van der Waals surface area contributed by atoms with Crippen molar-refractivity contribution in [2.24, 2.45) is 0 Å². The van der Waals surface area contributed by atoms with E-state index in [1.54, 1.807) is 37.3 Å². The molecule has 2 aromatic rings. The molecular formula is C21H23ClF3NO. The quantitative estimate of drug-likeness (QED) is 0.590. The van der Waals surface area contributed by atoms with Crippen LogP contribution in [0.15, 0.2) is 48.5 Å². The van der Waals surface area contributed by atoms with Crippen LogP contribution in [0.2, 0.25) is 5.02 Å². The molecule has 0 aromatic heterocycles. The van der Waals surface area contributed by atoms with Crippen LogP contribution in [0.3, 0.4) is 0 Å². The van der Waals surface area contributed by atoms with Gasteiger partial charge in [0.2, 0.25) is 0 Å². The van der Waals surface area contributed by atoms with E-state index >= 15 is 0 Å². The van der Waals surface area contributed by atoms with E-state index in [2.05, 4.69) is 0 Å².